The summed E-state index contributed by atoms with van der Waals surface area (Å²) in [7, 11) is 0. The number of nitrogens with one attached hydrogen (secondary N) is 2. The fourth-order valence-corrected chi connectivity index (χ4v) is 2.92. The third kappa shape index (κ3) is 7.03. The van der Waals surface area contributed by atoms with Crippen LogP contribution in [0.2, 0.25) is 0 Å². The summed E-state index contributed by atoms with van der Waals surface area (Å²) in [6.45, 7) is 3.75. The minimum absolute atomic E-state index is 0.514. The minimum atomic E-state index is -4.50. The minimum Gasteiger partial charge on any atom is -0.329 e. The molecular weight excluding hydrogens is 307 g/mol. The summed E-state index contributed by atoms with van der Waals surface area (Å²) in [5.74, 6) is 0.299. The average Bonchev–Trinajstić information content (AvgIpc) is 2.59. The molecule has 9 heteroatoms. The molecule has 0 aliphatic carbocycles. The number of rotatable bonds is 3. The highest BCUT2D eigenvalue weighted by Gasteiger charge is 2.29. The molecule has 1 fully saturated rings. The number of thioether (sulfide) groups is 1. The highest BCUT2D eigenvalue weighted by atomic mass is 32.2. The SMILES string of the molecule is C[C@@H]1CCN([C@@H](C)C(=O)NC(=O)NCC(F)(F)F)CCS1. The molecule has 0 aromatic heterocycles. The first-order valence-corrected chi connectivity index (χ1v) is 7.75. The Hall–Kier alpha value is -0.960. The van der Waals surface area contributed by atoms with Crippen LogP contribution in [0.1, 0.15) is 20.3 Å². The van der Waals surface area contributed by atoms with Crippen LogP contribution in [0, 0.1) is 0 Å². The summed E-state index contributed by atoms with van der Waals surface area (Å²) < 4.78 is 35.8. The molecule has 0 aromatic rings. The van der Waals surface area contributed by atoms with E-state index >= 15 is 0 Å². The number of alkyl halides is 3. The summed E-state index contributed by atoms with van der Waals surface area (Å²) in [6, 6.07) is -1.67. The van der Waals surface area contributed by atoms with E-state index in [0.29, 0.717) is 11.8 Å². The van der Waals surface area contributed by atoms with Gasteiger partial charge in [0, 0.05) is 17.5 Å². The molecular formula is C12H20F3N3O2S. The molecule has 122 valence electrons. The molecule has 0 saturated carbocycles. The maximum absolute atomic E-state index is 11.9. The second-order valence-corrected chi connectivity index (χ2v) is 6.52. The Balaban J connectivity index is 2.41. The Morgan fingerprint density at radius 1 is 1.38 bits per heavy atom. The number of amides is 3. The van der Waals surface area contributed by atoms with E-state index in [1.165, 1.54) is 0 Å². The zero-order valence-corrected chi connectivity index (χ0v) is 12.8. The van der Waals surface area contributed by atoms with E-state index in [1.54, 1.807) is 12.2 Å². The van der Waals surface area contributed by atoms with Crippen LogP contribution in [-0.4, -0.2) is 59.7 Å². The van der Waals surface area contributed by atoms with E-state index in [-0.39, 0.29) is 0 Å². The van der Waals surface area contributed by atoms with Gasteiger partial charge >= 0.3 is 12.2 Å². The van der Waals surface area contributed by atoms with E-state index in [4.69, 9.17) is 0 Å². The lowest BCUT2D eigenvalue weighted by Gasteiger charge is -2.26. The average molecular weight is 327 g/mol. The first kappa shape index (κ1) is 18.1. The van der Waals surface area contributed by atoms with Crippen molar-refractivity contribution in [2.75, 3.05) is 25.4 Å². The number of halogens is 3. The predicted octanol–water partition coefficient (Wildman–Crippen LogP) is 1.59. The summed E-state index contributed by atoms with van der Waals surface area (Å²) >= 11 is 1.82. The van der Waals surface area contributed by atoms with Gasteiger partial charge in [0.2, 0.25) is 5.91 Å². The Labute approximate surface area is 126 Å². The number of hydrogen-bond acceptors (Lipinski definition) is 4. The van der Waals surface area contributed by atoms with Crippen LogP contribution in [-0.2, 0) is 4.79 Å². The van der Waals surface area contributed by atoms with Crippen molar-refractivity contribution in [3.05, 3.63) is 0 Å². The molecule has 0 bridgehead atoms. The number of nitrogens with zero attached hydrogens (tertiary/aromatic N) is 1. The van der Waals surface area contributed by atoms with Crippen LogP contribution in [0.3, 0.4) is 0 Å². The van der Waals surface area contributed by atoms with Crippen LogP contribution in [0.4, 0.5) is 18.0 Å². The van der Waals surface area contributed by atoms with Crippen molar-refractivity contribution in [2.24, 2.45) is 0 Å². The van der Waals surface area contributed by atoms with Gasteiger partial charge in [0.05, 0.1) is 6.04 Å². The van der Waals surface area contributed by atoms with Gasteiger partial charge in [-0.1, -0.05) is 6.92 Å². The van der Waals surface area contributed by atoms with Gasteiger partial charge < -0.3 is 5.32 Å². The van der Waals surface area contributed by atoms with Crippen molar-refractivity contribution in [3.63, 3.8) is 0 Å². The van der Waals surface area contributed by atoms with Crippen molar-refractivity contribution >= 4 is 23.7 Å². The van der Waals surface area contributed by atoms with Gasteiger partial charge in [-0.15, -0.1) is 0 Å². The molecule has 1 saturated heterocycles. The molecule has 0 unspecified atom stereocenters. The molecule has 2 atom stereocenters. The Morgan fingerprint density at radius 2 is 2.05 bits per heavy atom. The zero-order chi connectivity index (χ0) is 16.0. The van der Waals surface area contributed by atoms with Crippen molar-refractivity contribution in [3.8, 4) is 0 Å². The molecule has 1 rings (SSSR count). The summed E-state index contributed by atoms with van der Waals surface area (Å²) in [5, 5.41) is 4.07. The van der Waals surface area contributed by atoms with E-state index < -0.39 is 30.7 Å². The van der Waals surface area contributed by atoms with Gasteiger partial charge in [0.25, 0.3) is 0 Å². The van der Waals surface area contributed by atoms with Crippen LogP contribution < -0.4 is 10.6 Å². The number of hydrogen-bond donors (Lipinski definition) is 2. The third-order valence-electron chi connectivity index (χ3n) is 3.22. The van der Waals surface area contributed by atoms with Crippen molar-refractivity contribution in [1.29, 1.82) is 0 Å². The molecule has 5 nitrogen and oxygen atoms in total. The van der Waals surface area contributed by atoms with E-state index in [9.17, 15) is 22.8 Å². The van der Waals surface area contributed by atoms with Gasteiger partial charge in [-0.25, -0.2) is 4.79 Å². The smallest absolute Gasteiger partial charge is 0.329 e. The summed E-state index contributed by atoms with van der Waals surface area (Å²) in [6.07, 6.45) is -3.56. The Kier molecular flexibility index (Phi) is 6.79. The van der Waals surface area contributed by atoms with E-state index in [1.807, 2.05) is 22.0 Å². The summed E-state index contributed by atoms with van der Waals surface area (Å²) in [4.78, 5) is 25.0. The van der Waals surface area contributed by atoms with E-state index in [0.717, 1.165) is 18.7 Å². The normalized spacial score (nSPS) is 22.2. The topological polar surface area (TPSA) is 61.4 Å². The van der Waals surface area contributed by atoms with Gasteiger partial charge in [-0.3, -0.25) is 15.0 Å². The lowest BCUT2D eigenvalue weighted by Crippen LogP contribution is -2.51. The molecule has 0 spiro atoms. The molecule has 1 heterocycles. The molecule has 3 amide bonds. The van der Waals surface area contributed by atoms with Gasteiger partial charge in [0.15, 0.2) is 0 Å². The lowest BCUT2D eigenvalue weighted by molar-refractivity contribution is -0.126. The number of carbonyl (C=O) groups excluding carboxylic acids is 2. The fourth-order valence-electron chi connectivity index (χ4n) is 1.91. The fraction of sp³-hybridized carbons (Fsp3) is 0.833. The standard InChI is InChI=1S/C12H20F3N3O2S/c1-8-3-4-18(5-6-21-8)9(2)10(19)17-11(20)16-7-12(13,14)15/h8-9H,3-7H2,1-2H3,(H2,16,17,19,20)/t8-,9+/m1/s1. The van der Waals surface area contributed by atoms with Crippen molar-refractivity contribution in [2.45, 2.75) is 37.7 Å². The number of urea groups is 1. The maximum atomic E-state index is 11.9. The zero-order valence-electron chi connectivity index (χ0n) is 12.0. The number of carbonyl (C=O) groups is 2. The summed E-state index contributed by atoms with van der Waals surface area (Å²) in [5.41, 5.74) is 0. The molecule has 0 radical (unpaired) electrons. The van der Waals surface area contributed by atoms with Crippen LogP contribution in [0.15, 0.2) is 0 Å². The van der Waals surface area contributed by atoms with Gasteiger partial charge in [0.1, 0.15) is 6.54 Å². The Bertz CT molecular complexity index is 379. The lowest BCUT2D eigenvalue weighted by atomic mass is 10.2. The third-order valence-corrected chi connectivity index (χ3v) is 4.44. The maximum Gasteiger partial charge on any atom is 0.405 e. The monoisotopic (exact) mass is 327 g/mol. The Morgan fingerprint density at radius 3 is 2.67 bits per heavy atom. The predicted molar refractivity (Wildman–Crippen MR) is 75.2 cm³/mol. The molecule has 2 N–H and O–H groups in total. The quantitative estimate of drug-likeness (QED) is 0.826. The molecule has 1 aliphatic rings. The second kappa shape index (κ2) is 7.88. The highest BCUT2D eigenvalue weighted by Crippen LogP contribution is 2.19. The van der Waals surface area contributed by atoms with Crippen LogP contribution >= 0.6 is 11.8 Å². The van der Waals surface area contributed by atoms with Crippen molar-refractivity contribution in [1.82, 2.24) is 15.5 Å². The van der Waals surface area contributed by atoms with Gasteiger partial charge in [-0.2, -0.15) is 24.9 Å². The van der Waals surface area contributed by atoms with E-state index in [2.05, 4.69) is 6.92 Å². The molecule has 21 heavy (non-hydrogen) atoms. The largest absolute Gasteiger partial charge is 0.405 e. The first-order chi connectivity index (χ1) is 9.69. The molecule has 0 aromatic carbocycles. The second-order valence-electron chi connectivity index (χ2n) is 4.97. The van der Waals surface area contributed by atoms with Crippen LogP contribution in [0.25, 0.3) is 0 Å². The number of imide groups is 1. The van der Waals surface area contributed by atoms with Crippen LogP contribution in [0.5, 0.6) is 0 Å². The first-order valence-electron chi connectivity index (χ1n) is 6.70. The van der Waals surface area contributed by atoms with Gasteiger partial charge in [-0.05, 0) is 19.9 Å². The highest BCUT2D eigenvalue weighted by molar-refractivity contribution is 7.99. The molecule has 1 aliphatic heterocycles. The van der Waals surface area contributed by atoms with Crippen molar-refractivity contribution < 1.29 is 22.8 Å².